The van der Waals surface area contributed by atoms with Gasteiger partial charge in [0.1, 0.15) is 23.1 Å². The number of amides is 1. The molecule has 5 rings (SSSR count). The lowest BCUT2D eigenvalue weighted by Crippen LogP contribution is -2.14. The van der Waals surface area contributed by atoms with E-state index in [9.17, 15) is 13.6 Å². The Bertz CT molecular complexity index is 1540. The molecule has 0 unspecified atom stereocenters. The fourth-order valence-electron chi connectivity index (χ4n) is 3.83. The van der Waals surface area contributed by atoms with Crippen LogP contribution in [0.3, 0.4) is 0 Å². The third-order valence-electron chi connectivity index (χ3n) is 5.44. The van der Waals surface area contributed by atoms with Crippen LogP contribution < -0.4 is 10.1 Å². The minimum Gasteiger partial charge on any atom is -0.457 e. The Morgan fingerprint density at radius 2 is 1.64 bits per heavy atom. The maximum absolute atomic E-state index is 13.4. The van der Waals surface area contributed by atoms with Gasteiger partial charge in [-0.05, 0) is 53.6 Å². The van der Waals surface area contributed by atoms with Gasteiger partial charge in [-0.25, -0.2) is 8.78 Å². The Hall–Kier alpha value is -4.78. The molecule has 0 bridgehead atoms. The molecule has 2 N–H and O–H groups in total. The molecule has 36 heavy (non-hydrogen) atoms. The first-order valence-corrected chi connectivity index (χ1v) is 11.3. The van der Waals surface area contributed by atoms with Crippen molar-refractivity contribution in [3.8, 4) is 11.5 Å². The molecule has 1 heterocycles. The molecule has 0 aliphatic heterocycles. The van der Waals surface area contributed by atoms with Gasteiger partial charge < -0.3 is 10.1 Å². The van der Waals surface area contributed by atoms with Crippen molar-refractivity contribution in [2.24, 2.45) is 0 Å². The van der Waals surface area contributed by atoms with E-state index in [2.05, 4.69) is 15.5 Å². The Morgan fingerprint density at radius 3 is 2.44 bits per heavy atom. The first kappa shape index (κ1) is 23.0. The number of benzene rings is 4. The molecule has 0 spiro atoms. The zero-order chi connectivity index (χ0) is 24.9. The minimum absolute atomic E-state index is 0.155. The second-order valence-corrected chi connectivity index (χ2v) is 8.19. The number of H-pyrrole nitrogens is 1. The van der Waals surface area contributed by atoms with E-state index in [4.69, 9.17) is 4.74 Å². The Balaban J connectivity index is 1.26. The molecule has 0 saturated heterocycles. The molecule has 4 aromatic carbocycles. The third-order valence-corrected chi connectivity index (χ3v) is 5.44. The average molecular weight is 482 g/mol. The summed E-state index contributed by atoms with van der Waals surface area (Å²) in [4.78, 5) is 12.4. The van der Waals surface area contributed by atoms with E-state index < -0.39 is 17.5 Å². The van der Waals surface area contributed by atoms with Gasteiger partial charge in [-0.1, -0.05) is 42.5 Å². The molecule has 1 aromatic heterocycles. The maximum Gasteiger partial charge on any atom is 0.228 e. The van der Waals surface area contributed by atoms with Gasteiger partial charge in [0.15, 0.2) is 0 Å². The lowest BCUT2D eigenvalue weighted by molar-refractivity contribution is -0.115. The first-order chi connectivity index (χ1) is 17.5. The van der Waals surface area contributed by atoms with Crippen molar-refractivity contribution in [3.05, 3.63) is 119 Å². The number of rotatable bonds is 7. The highest BCUT2D eigenvalue weighted by Crippen LogP contribution is 2.28. The number of aromatic amines is 1. The normalized spacial score (nSPS) is 11.2. The number of ether oxygens (including phenoxy) is 1. The number of fused-ring (bicyclic) bond motifs is 1. The molecular weight excluding hydrogens is 460 g/mol. The molecule has 0 aliphatic rings. The van der Waals surface area contributed by atoms with Gasteiger partial charge in [0.05, 0.1) is 17.6 Å². The topological polar surface area (TPSA) is 67.0 Å². The highest BCUT2D eigenvalue weighted by molar-refractivity contribution is 5.92. The molecule has 0 aliphatic carbocycles. The van der Waals surface area contributed by atoms with E-state index in [-0.39, 0.29) is 12.0 Å². The number of anilines is 1. The summed E-state index contributed by atoms with van der Waals surface area (Å²) in [5, 5.41) is 11.1. The molecule has 5 nitrogen and oxygen atoms in total. The molecule has 7 heteroatoms. The van der Waals surface area contributed by atoms with Crippen LogP contribution in [0, 0.1) is 11.6 Å². The second-order valence-electron chi connectivity index (χ2n) is 8.19. The zero-order valence-corrected chi connectivity index (χ0v) is 19.0. The van der Waals surface area contributed by atoms with Crippen LogP contribution in [0.5, 0.6) is 11.5 Å². The van der Waals surface area contributed by atoms with E-state index in [0.29, 0.717) is 17.2 Å². The summed E-state index contributed by atoms with van der Waals surface area (Å²) in [5.74, 6) is -0.716. The van der Waals surface area contributed by atoms with Crippen molar-refractivity contribution in [1.82, 2.24) is 10.2 Å². The number of nitrogens with one attached hydrogen (secondary N) is 2. The van der Waals surface area contributed by atoms with Crippen molar-refractivity contribution in [1.29, 1.82) is 0 Å². The van der Waals surface area contributed by atoms with Crippen molar-refractivity contribution < 1.29 is 18.3 Å². The number of hydrogen-bond acceptors (Lipinski definition) is 3. The average Bonchev–Trinajstić information content (AvgIpc) is 3.25. The smallest absolute Gasteiger partial charge is 0.228 e. The Labute approximate surface area is 206 Å². The van der Waals surface area contributed by atoms with Crippen LogP contribution in [0.1, 0.15) is 16.8 Å². The minimum atomic E-state index is -0.721. The van der Waals surface area contributed by atoms with E-state index >= 15 is 0 Å². The van der Waals surface area contributed by atoms with Crippen LogP contribution in [0.2, 0.25) is 0 Å². The van der Waals surface area contributed by atoms with Gasteiger partial charge in [0.2, 0.25) is 5.91 Å². The van der Waals surface area contributed by atoms with Crippen molar-refractivity contribution >= 4 is 34.6 Å². The summed E-state index contributed by atoms with van der Waals surface area (Å²) in [7, 11) is 0. The zero-order valence-electron chi connectivity index (χ0n) is 19.0. The number of carbonyl (C=O) groups is 1. The van der Waals surface area contributed by atoms with Crippen LogP contribution in [-0.2, 0) is 11.2 Å². The number of halogens is 2. The quantitative estimate of drug-likeness (QED) is 0.263. The lowest BCUT2D eigenvalue weighted by Gasteiger charge is -2.09. The van der Waals surface area contributed by atoms with E-state index in [0.717, 1.165) is 40.4 Å². The van der Waals surface area contributed by atoms with Crippen LogP contribution >= 0.6 is 0 Å². The van der Waals surface area contributed by atoms with Crippen molar-refractivity contribution in [2.75, 3.05) is 5.32 Å². The lowest BCUT2D eigenvalue weighted by atomic mass is 10.1. The van der Waals surface area contributed by atoms with Crippen LogP contribution in [0.15, 0.2) is 91.0 Å². The molecular formula is C29H21F2N3O2. The van der Waals surface area contributed by atoms with E-state index in [1.54, 1.807) is 24.3 Å². The van der Waals surface area contributed by atoms with Gasteiger partial charge in [0, 0.05) is 29.3 Å². The Morgan fingerprint density at radius 1 is 0.861 bits per heavy atom. The summed E-state index contributed by atoms with van der Waals surface area (Å²) < 4.78 is 32.7. The van der Waals surface area contributed by atoms with Crippen molar-refractivity contribution in [2.45, 2.75) is 6.42 Å². The van der Waals surface area contributed by atoms with Gasteiger partial charge in [-0.15, -0.1) is 0 Å². The number of nitrogens with zero attached hydrogens (tertiary/aromatic N) is 1. The molecule has 178 valence electrons. The SMILES string of the molecule is O=C(Cc1cc(F)cc(F)c1)Nc1cccc(Oc2ccc3c(/C=C/c4ccccc4)n[nH]c3c2)c1. The molecule has 0 atom stereocenters. The highest BCUT2D eigenvalue weighted by atomic mass is 19.1. The summed E-state index contributed by atoms with van der Waals surface area (Å²) in [5.41, 5.74) is 3.49. The first-order valence-electron chi connectivity index (χ1n) is 11.3. The molecule has 1 amide bonds. The second kappa shape index (κ2) is 10.2. The third kappa shape index (κ3) is 5.64. The fourth-order valence-corrected chi connectivity index (χ4v) is 3.83. The molecule has 0 radical (unpaired) electrons. The summed E-state index contributed by atoms with van der Waals surface area (Å²) in [6.45, 7) is 0. The largest absolute Gasteiger partial charge is 0.457 e. The summed E-state index contributed by atoms with van der Waals surface area (Å²) >= 11 is 0. The van der Waals surface area contributed by atoms with E-state index in [1.807, 2.05) is 60.7 Å². The highest BCUT2D eigenvalue weighted by Gasteiger charge is 2.09. The maximum atomic E-state index is 13.4. The summed E-state index contributed by atoms with van der Waals surface area (Å²) in [6, 6.07) is 25.6. The molecule has 5 aromatic rings. The fraction of sp³-hybridized carbons (Fsp3) is 0.0345. The number of aromatic nitrogens is 2. The monoisotopic (exact) mass is 481 g/mol. The van der Waals surface area contributed by atoms with Gasteiger partial charge in [-0.2, -0.15) is 5.10 Å². The summed E-state index contributed by atoms with van der Waals surface area (Å²) in [6.07, 6.45) is 3.81. The van der Waals surface area contributed by atoms with Crippen LogP contribution in [0.25, 0.3) is 23.1 Å². The van der Waals surface area contributed by atoms with E-state index in [1.165, 1.54) is 0 Å². The standard InChI is InChI=1S/C29H21F2N3O2/c30-21-13-20(14-22(31)16-21)15-29(35)32-23-7-4-8-24(17-23)36-25-10-11-26-27(33-34-28(26)18-25)12-9-19-5-2-1-3-6-19/h1-14,16-18H,15H2,(H,32,35)(H,33,34)/b12-9+. The Kier molecular flexibility index (Phi) is 6.53. The predicted octanol–water partition coefficient (Wildman–Crippen LogP) is 6.99. The van der Waals surface area contributed by atoms with Crippen LogP contribution in [0.4, 0.5) is 14.5 Å². The van der Waals surface area contributed by atoms with Gasteiger partial charge in [0.25, 0.3) is 0 Å². The molecule has 0 fully saturated rings. The number of carbonyl (C=O) groups excluding carboxylic acids is 1. The van der Waals surface area contributed by atoms with Gasteiger partial charge >= 0.3 is 0 Å². The predicted molar refractivity (Wildman–Crippen MR) is 137 cm³/mol. The number of hydrogen-bond donors (Lipinski definition) is 2. The van der Waals surface area contributed by atoms with Crippen molar-refractivity contribution in [3.63, 3.8) is 0 Å². The van der Waals surface area contributed by atoms with Gasteiger partial charge in [-0.3, -0.25) is 9.89 Å². The molecule has 0 saturated carbocycles. The van der Waals surface area contributed by atoms with Crippen LogP contribution in [-0.4, -0.2) is 16.1 Å².